The summed E-state index contributed by atoms with van der Waals surface area (Å²) in [5.74, 6) is 0.777. The number of ether oxygens (including phenoxy) is 1. The van der Waals surface area contributed by atoms with Crippen LogP contribution in [0.15, 0.2) is 34.1 Å². The van der Waals surface area contributed by atoms with Gasteiger partial charge in [-0.1, -0.05) is 12.1 Å². The molecule has 7 heteroatoms. The summed E-state index contributed by atoms with van der Waals surface area (Å²) in [6.45, 7) is 5.16. The molecule has 1 saturated heterocycles. The number of hydrogen-bond acceptors (Lipinski definition) is 5. The first kappa shape index (κ1) is 16.2. The third-order valence-electron chi connectivity index (χ3n) is 4.71. The highest BCUT2D eigenvalue weighted by Crippen LogP contribution is 2.39. The number of nitrogens with one attached hydrogen (secondary N) is 1. The predicted molar refractivity (Wildman–Crippen MR) is 110 cm³/mol. The number of rotatable bonds is 2. The molecule has 1 fully saturated rings. The average Bonchev–Trinajstić information content (AvgIpc) is 3.23. The molecule has 4 aromatic rings. The zero-order valence-corrected chi connectivity index (χ0v) is 16.7. The van der Waals surface area contributed by atoms with Gasteiger partial charge in [0.1, 0.15) is 5.52 Å². The van der Waals surface area contributed by atoms with Crippen molar-refractivity contribution in [3.63, 3.8) is 0 Å². The molecule has 1 aliphatic heterocycles. The van der Waals surface area contributed by atoms with Crippen molar-refractivity contribution >= 4 is 54.3 Å². The fourth-order valence-electron chi connectivity index (χ4n) is 3.47. The maximum atomic E-state index is 5.48. The zero-order chi connectivity index (χ0) is 17.7. The molecule has 0 unspecified atom stereocenters. The minimum atomic E-state index is 0.716. The van der Waals surface area contributed by atoms with E-state index >= 15 is 0 Å². The number of anilines is 1. The van der Waals surface area contributed by atoms with Crippen molar-refractivity contribution < 1.29 is 4.74 Å². The SMILES string of the molecule is Cc1cc2c(-c3nc(N4CCOCC4)nc4c(Br)csc34)cccc2[nH]1. The highest BCUT2D eigenvalue weighted by Gasteiger charge is 2.20. The van der Waals surface area contributed by atoms with Gasteiger partial charge in [0, 0.05) is 40.6 Å². The van der Waals surface area contributed by atoms with Gasteiger partial charge in [0.25, 0.3) is 0 Å². The number of aromatic amines is 1. The zero-order valence-electron chi connectivity index (χ0n) is 14.3. The topological polar surface area (TPSA) is 54.0 Å². The summed E-state index contributed by atoms with van der Waals surface area (Å²) in [6, 6.07) is 8.53. The van der Waals surface area contributed by atoms with Gasteiger partial charge in [-0.25, -0.2) is 9.97 Å². The van der Waals surface area contributed by atoms with Gasteiger partial charge in [0.05, 0.1) is 28.1 Å². The van der Waals surface area contributed by atoms with Crippen LogP contribution in [0, 0.1) is 6.92 Å². The molecule has 1 aromatic carbocycles. The molecule has 132 valence electrons. The third kappa shape index (κ3) is 2.62. The molecule has 1 aliphatic rings. The number of H-pyrrole nitrogens is 1. The Kier molecular flexibility index (Phi) is 3.95. The molecule has 5 rings (SSSR count). The molecular formula is C19H17BrN4OS. The van der Waals surface area contributed by atoms with E-state index in [9.17, 15) is 0 Å². The Labute approximate surface area is 163 Å². The fraction of sp³-hybridized carbons (Fsp3) is 0.263. The van der Waals surface area contributed by atoms with Crippen LogP contribution in [0.1, 0.15) is 5.69 Å². The van der Waals surface area contributed by atoms with Crippen LogP contribution in [0.3, 0.4) is 0 Å². The summed E-state index contributed by atoms with van der Waals surface area (Å²) in [4.78, 5) is 15.5. The van der Waals surface area contributed by atoms with Gasteiger partial charge in [-0.15, -0.1) is 11.3 Å². The van der Waals surface area contributed by atoms with Gasteiger partial charge >= 0.3 is 0 Å². The monoisotopic (exact) mass is 428 g/mol. The Balaban J connectivity index is 1.77. The lowest BCUT2D eigenvalue weighted by Gasteiger charge is -2.27. The van der Waals surface area contributed by atoms with E-state index in [1.54, 1.807) is 11.3 Å². The van der Waals surface area contributed by atoms with E-state index in [1.807, 2.05) is 0 Å². The normalized spacial score (nSPS) is 15.2. The quantitative estimate of drug-likeness (QED) is 0.500. The lowest BCUT2D eigenvalue weighted by atomic mass is 10.1. The van der Waals surface area contributed by atoms with Crippen molar-refractivity contribution in [3.8, 4) is 11.3 Å². The van der Waals surface area contributed by atoms with E-state index in [4.69, 9.17) is 14.7 Å². The van der Waals surface area contributed by atoms with Crippen LogP contribution < -0.4 is 4.90 Å². The van der Waals surface area contributed by atoms with Gasteiger partial charge in [-0.3, -0.25) is 0 Å². The second-order valence-electron chi connectivity index (χ2n) is 6.45. The van der Waals surface area contributed by atoms with E-state index in [0.29, 0.717) is 13.2 Å². The van der Waals surface area contributed by atoms with E-state index in [2.05, 4.69) is 62.4 Å². The number of halogens is 1. The molecule has 0 spiro atoms. The molecule has 0 bridgehead atoms. The molecule has 0 saturated carbocycles. The van der Waals surface area contributed by atoms with Crippen LogP contribution in [0.25, 0.3) is 32.4 Å². The molecule has 0 aliphatic carbocycles. The number of nitrogens with zero attached hydrogens (tertiary/aromatic N) is 3. The summed E-state index contributed by atoms with van der Waals surface area (Å²) >= 11 is 5.34. The fourth-order valence-corrected chi connectivity index (χ4v) is 5.03. The number of hydrogen-bond donors (Lipinski definition) is 1. The van der Waals surface area contributed by atoms with E-state index < -0.39 is 0 Å². The molecule has 0 atom stereocenters. The maximum absolute atomic E-state index is 5.48. The smallest absolute Gasteiger partial charge is 0.226 e. The van der Waals surface area contributed by atoms with Crippen LogP contribution in [-0.4, -0.2) is 41.3 Å². The second kappa shape index (κ2) is 6.33. The van der Waals surface area contributed by atoms with Crippen LogP contribution in [0.4, 0.5) is 5.95 Å². The van der Waals surface area contributed by atoms with E-state index in [0.717, 1.165) is 56.2 Å². The Bertz CT molecular complexity index is 1110. The Hall–Kier alpha value is -1.96. The largest absolute Gasteiger partial charge is 0.378 e. The van der Waals surface area contributed by atoms with Gasteiger partial charge < -0.3 is 14.6 Å². The number of aromatic nitrogens is 3. The number of thiophene rings is 1. The number of benzene rings is 1. The van der Waals surface area contributed by atoms with Crippen LogP contribution >= 0.6 is 27.3 Å². The lowest BCUT2D eigenvalue weighted by molar-refractivity contribution is 0.122. The summed E-state index contributed by atoms with van der Waals surface area (Å²) < 4.78 is 7.62. The number of morpholine rings is 1. The van der Waals surface area contributed by atoms with E-state index in [1.165, 1.54) is 5.39 Å². The lowest BCUT2D eigenvalue weighted by Crippen LogP contribution is -2.37. The molecule has 1 N–H and O–H groups in total. The van der Waals surface area contributed by atoms with Crippen molar-refractivity contribution in [3.05, 3.63) is 39.8 Å². The molecular weight excluding hydrogens is 412 g/mol. The Morgan fingerprint density at radius 2 is 2.08 bits per heavy atom. The second-order valence-corrected chi connectivity index (χ2v) is 8.19. The number of fused-ring (bicyclic) bond motifs is 2. The molecule has 4 heterocycles. The highest BCUT2D eigenvalue weighted by atomic mass is 79.9. The first-order valence-electron chi connectivity index (χ1n) is 8.57. The molecule has 5 nitrogen and oxygen atoms in total. The van der Waals surface area contributed by atoms with Gasteiger partial charge in [-0.2, -0.15) is 0 Å². The predicted octanol–water partition coefficient (Wildman–Crippen LogP) is 4.75. The highest BCUT2D eigenvalue weighted by molar-refractivity contribution is 9.10. The van der Waals surface area contributed by atoms with Gasteiger partial charge in [-0.05, 0) is 35.0 Å². The van der Waals surface area contributed by atoms with Crippen molar-refractivity contribution in [2.75, 3.05) is 31.2 Å². The first-order chi connectivity index (χ1) is 12.7. The Morgan fingerprint density at radius 3 is 2.92 bits per heavy atom. The van der Waals surface area contributed by atoms with Crippen LogP contribution in [-0.2, 0) is 4.74 Å². The summed E-state index contributed by atoms with van der Waals surface area (Å²) in [5.41, 5.74) is 5.40. The average molecular weight is 429 g/mol. The minimum Gasteiger partial charge on any atom is -0.378 e. The van der Waals surface area contributed by atoms with Crippen molar-refractivity contribution in [2.24, 2.45) is 0 Å². The minimum absolute atomic E-state index is 0.716. The standard InChI is InChI=1S/C19H17BrN4OS/c1-11-9-13-12(3-2-4-15(13)21-11)16-18-17(14(20)10-26-18)23-19(22-16)24-5-7-25-8-6-24/h2-4,9-10,21H,5-8H2,1H3. The maximum Gasteiger partial charge on any atom is 0.226 e. The molecule has 26 heavy (non-hydrogen) atoms. The molecule has 3 aromatic heterocycles. The van der Waals surface area contributed by atoms with Crippen molar-refractivity contribution in [1.29, 1.82) is 0 Å². The third-order valence-corrected chi connectivity index (χ3v) is 6.59. The summed E-state index contributed by atoms with van der Waals surface area (Å²) in [5, 5.41) is 3.29. The first-order valence-corrected chi connectivity index (χ1v) is 10.2. The number of aryl methyl sites for hydroxylation is 1. The van der Waals surface area contributed by atoms with E-state index in [-0.39, 0.29) is 0 Å². The summed E-state index contributed by atoms with van der Waals surface area (Å²) in [7, 11) is 0. The molecule has 0 amide bonds. The Morgan fingerprint density at radius 1 is 1.23 bits per heavy atom. The molecule has 0 radical (unpaired) electrons. The van der Waals surface area contributed by atoms with Crippen molar-refractivity contribution in [1.82, 2.24) is 15.0 Å². The van der Waals surface area contributed by atoms with Crippen LogP contribution in [0.2, 0.25) is 0 Å². The van der Waals surface area contributed by atoms with Crippen molar-refractivity contribution in [2.45, 2.75) is 6.92 Å². The van der Waals surface area contributed by atoms with Gasteiger partial charge in [0.15, 0.2) is 0 Å². The van der Waals surface area contributed by atoms with Crippen LogP contribution in [0.5, 0.6) is 0 Å². The summed E-state index contributed by atoms with van der Waals surface area (Å²) in [6.07, 6.45) is 0. The van der Waals surface area contributed by atoms with Gasteiger partial charge in [0.2, 0.25) is 5.95 Å².